The molecule has 0 atom stereocenters. The second kappa shape index (κ2) is 6.85. The lowest BCUT2D eigenvalue weighted by atomic mass is 10.2. The van der Waals surface area contributed by atoms with E-state index in [0.29, 0.717) is 0 Å². The lowest BCUT2D eigenvalue weighted by Crippen LogP contribution is -2.50. The van der Waals surface area contributed by atoms with Crippen LogP contribution in [0.1, 0.15) is 5.01 Å². The molecule has 1 aromatic carbocycles. The van der Waals surface area contributed by atoms with Crippen molar-refractivity contribution in [1.82, 2.24) is 20.3 Å². The normalized spacial score (nSPS) is 17.2. The zero-order valence-electron chi connectivity index (χ0n) is 12.1. The van der Waals surface area contributed by atoms with Crippen molar-refractivity contribution in [3.05, 3.63) is 40.5 Å². The molecule has 0 aliphatic carbocycles. The van der Waals surface area contributed by atoms with E-state index in [1.165, 1.54) is 0 Å². The molecule has 1 aliphatic heterocycles. The summed E-state index contributed by atoms with van der Waals surface area (Å²) in [4.78, 5) is 7.96. The number of hydrogen-bond acceptors (Lipinski definition) is 5. The third kappa shape index (κ3) is 3.81. The number of nitrogens with one attached hydrogen (secondary N) is 1. The topological polar surface area (TPSA) is 31.4 Å². The zero-order valence-corrected chi connectivity index (χ0v) is 13.6. The van der Waals surface area contributed by atoms with Crippen LogP contribution in [0, 0.1) is 0 Å². The van der Waals surface area contributed by atoms with Crippen LogP contribution in [0.25, 0.3) is 10.4 Å². The van der Waals surface area contributed by atoms with Gasteiger partial charge in [0.05, 0.1) is 11.4 Å². The van der Waals surface area contributed by atoms with Crippen molar-refractivity contribution in [1.29, 1.82) is 0 Å². The number of hydrogen-bond donors (Lipinski definition) is 1. The highest BCUT2D eigenvalue weighted by molar-refractivity contribution is 7.15. The van der Waals surface area contributed by atoms with E-state index < -0.39 is 0 Å². The number of likely N-dealkylation sites (N-methyl/N-ethyl adjacent to an activating group) is 1. The number of halogens is 1. The Morgan fingerprint density at radius 2 is 2.00 bits per heavy atom. The number of piperazine rings is 1. The molecular formula is C15H19ClN4S. The van der Waals surface area contributed by atoms with E-state index in [-0.39, 0.29) is 0 Å². The maximum Gasteiger partial charge on any atom is 0.108 e. The van der Waals surface area contributed by atoms with Crippen LogP contribution in [0.4, 0.5) is 0 Å². The van der Waals surface area contributed by atoms with Gasteiger partial charge in [0, 0.05) is 43.0 Å². The Morgan fingerprint density at radius 1 is 1.24 bits per heavy atom. The van der Waals surface area contributed by atoms with E-state index >= 15 is 0 Å². The quantitative estimate of drug-likeness (QED) is 0.938. The summed E-state index contributed by atoms with van der Waals surface area (Å²) in [5, 5.41) is 4.14. The standard InChI is InChI=1S/C15H19ClN4S/c1-19-6-8-20(9-7-19)18-11-15-17-10-14(21-15)12-4-2-3-5-13(12)16/h2-5,10,18H,6-9,11H2,1H3. The SMILES string of the molecule is CN1CCN(NCc2ncc(-c3ccccc3Cl)s2)CC1. The van der Waals surface area contributed by atoms with Gasteiger partial charge in [0.15, 0.2) is 0 Å². The van der Waals surface area contributed by atoms with Gasteiger partial charge in [-0.15, -0.1) is 11.3 Å². The van der Waals surface area contributed by atoms with E-state index in [4.69, 9.17) is 11.6 Å². The fourth-order valence-electron chi connectivity index (χ4n) is 2.32. The lowest BCUT2D eigenvalue weighted by Gasteiger charge is -2.32. The van der Waals surface area contributed by atoms with Crippen LogP contribution < -0.4 is 5.43 Å². The van der Waals surface area contributed by atoms with E-state index in [1.54, 1.807) is 11.3 Å². The van der Waals surface area contributed by atoms with Crippen LogP contribution in [-0.2, 0) is 6.54 Å². The second-order valence-corrected chi connectivity index (χ2v) is 6.75. The Morgan fingerprint density at radius 3 is 2.76 bits per heavy atom. The number of aromatic nitrogens is 1. The van der Waals surface area contributed by atoms with Crippen molar-refractivity contribution in [3.8, 4) is 10.4 Å². The predicted molar refractivity (Wildman–Crippen MR) is 88.5 cm³/mol. The molecule has 4 nitrogen and oxygen atoms in total. The second-order valence-electron chi connectivity index (χ2n) is 5.22. The smallest absolute Gasteiger partial charge is 0.108 e. The molecule has 1 N–H and O–H groups in total. The van der Waals surface area contributed by atoms with Gasteiger partial charge in [-0.1, -0.05) is 29.8 Å². The average Bonchev–Trinajstić information content (AvgIpc) is 2.96. The maximum absolute atomic E-state index is 6.23. The molecule has 2 aromatic rings. The minimum Gasteiger partial charge on any atom is -0.304 e. The third-order valence-corrected chi connectivity index (χ3v) is 5.01. The van der Waals surface area contributed by atoms with Crippen LogP contribution in [0.3, 0.4) is 0 Å². The lowest BCUT2D eigenvalue weighted by molar-refractivity contribution is 0.102. The Labute approximate surface area is 134 Å². The summed E-state index contributed by atoms with van der Waals surface area (Å²) >= 11 is 7.93. The van der Waals surface area contributed by atoms with Gasteiger partial charge in [-0.2, -0.15) is 0 Å². The first-order chi connectivity index (χ1) is 10.2. The predicted octanol–water partition coefficient (Wildman–Crippen LogP) is 2.72. The monoisotopic (exact) mass is 322 g/mol. The molecule has 0 spiro atoms. The van der Waals surface area contributed by atoms with Gasteiger partial charge < -0.3 is 4.90 Å². The van der Waals surface area contributed by atoms with E-state index in [0.717, 1.165) is 53.2 Å². The molecule has 0 saturated carbocycles. The molecule has 0 radical (unpaired) electrons. The summed E-state index contributed by atoms with van der Waals surface area (Å²) in [6.07, 6.45) is 1.91. The largest absolute Gasteiger partial charge is 0.304 e. The molecule has 1 saturated heterocycles. The fraction of sp³-hybridized carbons (Fsp3) is 0.400. The zero-order chi connectivity index (χ0) is 14.7. The van der Waals surface area contributed by atoms with Gasteiger partial charge in [0.2, 0.25) is 0 Å². The van der Waals surface area contributed by atoms with Gasteiger partial charge in [0.25, 0.3) is 0 Å². The molecule has 3 rings (SSSR count). The van der Waals surface area contributed by atoms with Crippen molar-refractivity contribution in [3.63, 3.8) is 0 Å². The Kier molecular flexibility index (Phi) is 4.87. The van der Waals surface area contributed by atoms with E-state index in [1.807, 2.05) is 30.5 Å². The first-order valence-corrected chi connectivity index (χ1v) is 8.28. The fourth-order valence-corrected chi connectivity index (χ4v) is 3.50. The molecule has 2 heterocycles. The Balaban J connectivity index is 1.59. The summed E-state index contributed by atoms with van der Waals surface area (Å²) in [6, 6.07) is 7.90. The highest BCUT2D eigenvalue weighted by Gasteiger charge is 2.14. The summed E-state index contributed by atoms with van der Waals surface area (Å²) < 4.78 is 0. The van der Waals surface area contributed by atoms with Crippen molar-refractivity contribution in [2.24, 2.45) is 0 Å². The average molecular weight is 323 g/mol. The minimum absolute atomic E-state index is 0.777. The van der Waals surface area contributed by atoms with Gasteiger partial charge in [-0.3, -0.25) is 0 Å². The molecule has 0 bridgehead atoms. The van der Waals surface area contributed by atoms with Crippen molar-refractivity contribution < 1.29 is 0 Å². The number of hydrazine groups is 1. The maximum atomic E-state index is 6.23. The highest BCUT2D eigenvalue weighted by Crippen LogP contribution is 2.31. The molecule has 1 fully saturated rings. The number of rotatable bonds is 4. The Hall–Kier alpha value is -0.980. The molecule has 1 aliphatic rings. The van der Waals surface area contributed by atoms with Crippen LogP contribution in [-0.4, -0.2) is 48.1 Å². The first-order valence-electron chi connectivity index (χ1n) is 7.09. The molecule has 6 heteroatoms. The molecule has 21 heavy (non-hydrogen) atoms. The van der Waals surface area contributed by atoms with Crippen LogP contribution in [0.15, 0.2) is 30.5 Å². The summed E-state index contributed by atoms with van der Waals surface area (Å²) in [6.45, 7) is 5.10. The van der Waals surface area contributed by atoms with Gasteiger partial charge in [-0.05, 0) is 13.1 Å². The van der Waals surface area contributed by atoms with Gasteiger partial charge in [0.1, 0.15) is 5.01 Å². The van der Waals surface area contributed by atoms with Crippen LogP contribution in [0.2, 0.25) is 5.02 Å². The van der Waals surface area contributed by atoms with Crippen molar-refractivity contribution in [2.45, 2.75) is 6.54 Å². The summed E-state index contributed by atoms with van der Waals surface area (Å²) in [7, 11) is 2.16. The molecule has 0 amide bonds. The van der Waals surface area contributed by atoms with Crippen molar-refractivity contribution >= 4 is 22.9 Å². The van der Waals surface area contributed by atoms with Gasteiger partial charge >= 0.3 is 0 Å². The van der Waals surface area contributed by atoms with Gasteiger partial charge in [-0.25, -0.2) is 15.4 Å². The molecular weight excluding hydrogens is 304 g/mol. The molecule has 1 aromatic heterocycles. The van der Waals surface area contributed by atoms with Crippen LogP contribution >= 0.6 is 22.9 Å². The van der Waals surface area contributed by atoms with E-state index in [2.05, 4.69) is 27.4 Å². The Bertz CT molecular complexity index is 593. The number of thiazole rings is 1. The third-order valence-electron chi connectivity index (χ3n) is 3.65. The number of nitrogens with zero attached hydrogens (tertiary/aromatic N) is 3. The highest BCUT2D eigenvalue weighted by atomic mass is 35.5. The first kappa shape index (κ1) is 14.9. The summed E-state index contributed by atoms with van der Waals surface area (Å²) in [5.41, 5.74) is 4.52. The van der Waals surface area contributed by atoms with E-state index in [9.17, 15) is 0 Å². The van der Waals surface area contributed by atoms with Crippen molar-refractivity contribution in [2.75, 3.05) is 33.2 Å². The molecule has 112 valence electrons. The minimum atomic E-state index is 0.777. The van der Waals surface area contributed by atoms with Crippen LogP contribution in [0.5, 0.6) is 0 Å². The number of benzene rings is 1. The molecule has 0 unspecified atom stereocenters. The summed E-state index contributed by atoms with van der Waals surface area (Å²) in [5.74, 6) is 0.